The molecule has 0 spiro atoms. The first-order valence-corrected chi connectivity index (χ1v) is 9.95. The lowest BCUT2D eigenvalue weighted by Crippen LogP contribution is -2.61. The number of para-hydroxylation sites is 1. The summed E-state index contributed by atoms with van der Waals surface area (Å²) in [4.78, 5) is 27.3. The van der Waals surface area contributed by atoms with Crippen LogP contribution >= 0.6 is 11.3 Å². The van der Waals surface area contributed by atoms with Crippen LogP contribution in [0.3, 0.4) is 0 Å². The van der Waals surface area contributed by atoms with Crippen molar-refractivity contribution in [3.8, 4) is 5.75 Å². The minimum atomic E-state index is 0.0339. The van der Waals surface area contributed by atoms with E-state index in [1.165, 1.54) is 0 Å². The van der Waals surface area contributed by atoms with E-state index < -0.39 is 0 Å². The zero-order chi connectivity index (χ0) is 18.2. The fraction of sp³-hybridized carbons (Fsp3) is 0.368. The number of nitrogens with zero attached hydrogens (tertiary/aromatic N) is 4. The Hall–Kier alpha value is -2.74. The minimum absolute atomic E-state index is 0.0339. The number of amides is 1. The molecule has 8 heteroatoms. The molecule has 0 atom stereocenters. The van der Waals surface area contributed by atoms with Crippen molar-refractivity contribution in [3.05, 3.63) is 42.2 Å². The molecule has 1 aliphatic heterocycles. The summed E-state index contributed by atoms with van der Waals surface area (Å²) < 4.78 is 7.19. The predicted octanol–water partition coefficient (Wildman–Crippen LogP) is 2.25. The third kappa shape index (κ3) is 3.21. The van der Waals surface area contributed by atoms with Gasteiger partial charge in [0.05, 0.1) is 16.3 Å². The Labute approximate surface area is 160 Å². The number of thiazole rings is 1. The van der Waals surface area contributed by atoms with Gasteiger partial charge in [-0.05, 0) is 31.0 Å². The van der Waals surface area contributed by atoms with E-state index >= 15 is 0 Å². The van der Waals surface area contributed by atoms with Crippen molar-refractivity contribution in [1.82, 2.24) is 20.3 Å². The topological polar surface area (TPSA) is 80.2 Å². The SMILES string of the molecule is O=C(NC1CN(c2ncccn2)C1)[C@H]1C[C@H](Oc2cccc3scnc23)C1. The molecular formula is C19H19N5O2S. The summed E-state index contributed by atoms with van der Waals surface area (Å²) in [5, 5.41) is 3.13. The van der Waals surface area contributed by atoms with Gasteiger partial charge in [0.25, 0.3) is 0 Å². The van der Waals surface area contributed by atoms with Gasteiger partial charge in [-0.1, -0.05) is 6.07 Å². The maximum atomic E-state index is 12.4. The van der Waals surface area contributed by atoms with Crippen LogP contribution in [-0.4, -0.2) is 46.1 Å². The van der Waals surface area contributed by atoms with Crippen LogP contribution in [0.1, 0.15) is 12.8 Å². The Balaban J connectivity index is 1.09. The summed E-state index contributed by atoms with van der Waals surface area (Å²) in [6, 6.07) is 7.94. The maximum Gasteiger partial charge on any atom is 0.225 e. The second-order valence-electron chi connectivity index (χ2n) is 7.02. The molecule has 2 aliphatic rings. The number of hydrogen-bond donors (Lipinski definition) is 1. The third-order valence-corrected chi connectivity index (χ3v) is 5.94. The summed E-state index contributed by atoms with van der Waals surface area (Å²) in [6.07, 6.45) is 5.06. The van der Waals surface area contributed by atoms with Gasteiger partial charge in [0.15, 0.2) is 0 Å². The third-order valence-electron chi connectivity index (χ3n) is 5.15. The van der Waals surface area contributed by atoms with E-state index in [1.54, 1.807) is 29.8 Å². The van der Waals surface area contributed by atoms with E-state index in [9.17, 15) is 4.79 Å². The van der Waals surface area contributed by atoms with Crippen LogP contribution in [0.15, 0.2) is 42.2 Å². The number of carbonyl (C=O) groups is 1. The lowest BCUT2D eigenvalue weighted by atomic mass is 9.81. The molecule has 0 bridgehead atoms. The minimum Gasteiger partial charge on any atom is -0.488 e. The van der Waals surface area contributed by atoms with Crippen molar-refractivity contribution in [1.29, 1.82) is 0 Å². The molecule has 1 saturated carbocycles. The first-order chi connectivity index (χ1) is 13.3. The zero-order valence-electron chi connectivity index (χ0n) is 14.6. The van der Waals surface area contributed by atoms with E-state index in [0.717, 1.165) is 47.8 Å². The maximum absolute atomic E-state index is 12.4. The van der Waals surface area contributed by atoms with Crippen LogP contribution in [0.25, 0.3) is 10.2 Å². The number of rotatable bonds is 5. The lowest BCUT2D eigenvalue weighted by molar-refractivity contribution is -0.131. The van der Waals surface area contributed by atoms with Crippen LogP contribution in [-0.2, 0) is 4.79 Å². The Morgan fingerprint density at radius 2 is 1.96 bits per heavy atom. The van der Waals surface area contributed by atoms with Crippen molar-refractivity contribution in [2.24, 2.45) is 5.92 Å². The summed E-state index contributed by atoms with van der Waals surface area (Å²) in [7, 11) is 0. The van der Waals surface area contributed by atoms with Crippen molar-refractivity contribution in [2.75, 3.05) is 18.0 Å². The number of benzene rings is 1. The molecule has 1 N–H and O–H groups in total. The molecule has 0 unspecified atom stereocenters. The zero-order valence-corrected chi connectivity index (χ0v) is 15.4. The monoisotopic (exact) mass is 381 g/mol. The van der Waals surface area contributed by atoms with Gasteiger partial charge in [-0.25, -0.2) is 15.0 Å². The first-order valence-electron chi connectivity index (χ1n) is 9.07. The molecule has 2 fully saturated rings. The smallest absolute Gasteiger partial charge is 0.225 e. The molecule has 7 nitrogen and oxygen atoms in total. The van der Waals surface area contributed by atoms with Crippen LogP contribution in [0.5, 0.6) is 5.75 Å². The first kappa shape index (κ1) is 16.4. The number of hydrogen-bond acceptors (Lipinski definition) is 7. The van der Waals surface area contributed by atoms with Gasteiger partial charge in [-0.2, -0.15) is 0 Å². The number of nitrogens with one attached hydrogen (secondary N) is 1. The summed E-state index contributed by atoms with van der Waals surface area (Å²) in [6.45, 7) is 1.52. The Morgan fingerprint density at radius 3 is 2.78 bits per heavy atom. The van der Waals surface area contributed by atoms with Crippen LogP contribution in [0.4, 0.5) is 5.95 Å². The van der Waals surface area contributed by atoms with Gasteiger partial charge in [0, 0.05) is 31.4 Å². The summed E-state index contributed by atoms with van der Waals surface area (Å²) in [5.74, 6) is 1.69. The highest BCUT2D eigenvalue weighted by atomic mass is 32.1. The molecule has 3 heterocycles. The molecule has 2 aromatic heterocycles. The quantitative estimate of drug-likeness (QED) is 0.730. The highest BCUT2D eigenvalue weighted by Crippen LogP contribution is 2.35. The van der Waals surface area contributed by atoms with Crippen LogP contribution < -0.4 is 15.0 Å². The molecule has 5 rings (SSSR count). The molecule has 1 amide bonds. The normalized spacial score (nSPS) is 22.1. The number of fused-ring (bicyclic) bond motifs is 1. The number of carbonyl (C=O) groups excluding carboxylic acids is 1. The van der Waals surface area contributed by atoms with E-state index in [2.05, 4.69) is 25.2 Å². The highest BCUT2D eigenvalue weighted by molar-refractivity contribution is 7.16. The molecule has 3 aromatic rings. The van der Waals surface area contributed by atoms with Gasteiger partial charge in [0.2, 0.25) is 11.9 Å². The van der Waals surface area contributed by atoms with Crippen molar-refractivity contribution in [2.45, 2.75) is 25.0 Å². The molecule has 1 aliphatic carbocycles. The average Bonchev–Trinajstić information content (AvgIpc) is 3.10. The van der Waals surface area contributed by atoms with Gasteiger partial charge < -0.3 is 15.0 Å². The molecule has 27 heavy (non-hydrogen) atoms. The Morgan fingerprint density at radius 1 is 1.15 bits per heavy atom. The van der Waals surface area contributed by atoms with E-state index in [1.807, 2.05) is 23.7 Å². The number of anilines is 1. The summed E-state index contributed by atoms with van der Waals surface area (Å²) in [5.41, 5.74) is 2.74. The fourth-order valence-electron chi connectivity index (χ4n) is 3.52. The van der Waals surface area contributed by atoms with E-state index in [-0.39, 0.29) is 24.0 Å². The van der Waals surface area contributed by atoms with Gasteiger partial charge in [-0.3, -0.25) is 4.79 Å². The van der Waals surface area contributed by atoms with E-state index in [4.69, 9.17) is 4.74 Å². The van der Waals surface area contributed by atoms with Gasteiger partial charge in [0.1, 0.15) is 17.4 Å². The molecule has 0 radical (unpaired) electrons. The van der Waals surface area contributed by atoms with Crippen LogP contribution in [0, 0.1) is 5.92 Å². The highest BCUT2D eigenvalue weighted by Gasteiger charge is 2.39. The largest absolute Gasteiger partial charge is 0.488 e. The number of aromatic nitrogens is 3. The fourth-order valence-corrected chi connectivity index (χ4v) is 4.21. The summed E-state index contributed by atoms with van der Waals surface area (Å²) >= 11 is 1.61. The molecule has 1 aromatic carbocycles. The van der Waals surface area contributed by atoms with Crippen molar-refractivity contribution >= 4 is 33.4 Å². The lowest BCUT2D eigenvalue weighted by Gasteiger charge is -2.41. The van der Waals surface area contributed by atoms with Crippen LogP contribution in [0.2, 0.25) is 0 Å². The van der Waals surface area contributed by atoms with Gasteiger partial charge >= 0.3 is 0 Å². The number of ether oxygens (including phenoxy) is 1. The Bertz CT molecular complexity index is 951. The predicted molar refractivity (Wildman–Crippen MR) is 103 cm³/mol. The average molecular weight is 381 g/mol. The van der Waals surface area contributed by atoms with Crippen molar-refractivity contribution < 1.29 is 9.53 Å². The molecule has 1 saturated heterocycles. The molecule has 138 valence electrons. The second kappa shape index (κ2) is 6.77. The Kier molecular flexibility index (Phi) is 4.12. The van der Waals surface area contributed by atoms with Crippen molar-refractivity contribution in [3.63, 3.8) is 0 Å². The second-order valence-corrected chi connectivity index (χ2v) is 7.91. The standard InChI is InChI=1S/C19H19N5O2S/c25-18(23-13-9-24(10-13)19-20-5-2-6-21-19)12-7-14(8-12)26-15-3-1-4-16-17(15)22-11-27-16/h1-6,11-14H,7-10H2,(H,23,25)/t12-,14-. The van der Waals surface area contributed by atoms with Gasteiger partial charge in [-0.15, -0.1) is 11.3 Å². The molecular weight excluding hydrogens is 362 g/mol. The van der Waals surface area contributed by atoms with E-state index in [0.29, 0.717) is 0 Å².